The van der Waals surface area contributed by atoms with Gasteiger partial charge < -0.3 is 23.9 Å². The number of unbranched alkanes of at least 4 members (excludes halogenated alkanes) is 1. The molecule has 1 aromatic carbocycles. The monoisotopic (exact) mass is 361 g/mol. The van der Waals surface area contributed by atoms with E-state index < -0.39 is 22.8 Å². The Bertz CT molecular complexity index is 884. The first-order chi connectivity index (χ1) is 12.5. The van der Waals surface area contributed by atoms with Crippen LogP contribution in [0.3, 0.4) is 0 Å². The van der Waals surface area contributed by atoms with Crippen molar-refractivity contribution in [1.82, 2.24) is 4.57 Å². The van der Waals surface area contributed by atoms with Crippen LogP contribution in [0.25, 0.3) is 10.9 Å². The Morgan fingerprint density at radius 1 is 1.27 bits per heavy atom. The number of rotatable bonds is 8. The van der Waals surface area contributed by atoms with Crippen LogP contribution in [-0.2, 0) is 11.3 Å². The van der Waals surface area contributed by atoms with Gasteiger partial charge in [0, 0.05) is 18.0 Å². The first kappa shape index (κ1) is 19.4. The van der Waals surface area contributed by atoms with Crippen molar-refractivity contribution >= 4 is 16.9 Å². The average Bonchev–Trinajstić information content (AvgIpc) is 2.64. The standard InChI is InChI=1S/C19H23NO6/c1-5-7-9-26-19(23)16-17(21)12-10-14(24-3)15(25-4)11-13(12)20(8-6-2)18(16)22/h6,10-11,21H,2,5,7-9H2,1,3-4H3. The maximum atomic E-state index is 12.8. The van der Waals surface area contributed by atoms with Gasteiger partial charge in [-0.2, -0.15) is 0 Å². The zero-order valence-corrected chi connectivity index (χ0v) is 15.2. The van der Waals surface area contributed by atoms with Crippen LogP contribution >= 0.6 is 0 Å². The third kappa shape index (κ3) is 3.51. The minimum Gasteiger partial charge on any atom is -0.506 e. The number of aromatic hydroxyl groups is 1. The quantitative estimate of drug-likeness (QED) is 0.442. The fourth-order valence-corrected chi connectivity index (χ4v) is 2.64. The van der Waals surface area contributed by atoms with Crippen molar-refractivity contribution < 1.29 is 24.1 Å². The summed E-state index contributed by atoms with van der Waals surface area (Å²) in [5.41, 5.74) is -0.651. The molecule has 26 heavy (non-hydrogen) atoms. The lowest BCUT2D eigenvalue weighted by atomic mass is 10.1. The van der Waals surface area contributed by atoms with Gasteiger partial charge in [0.25, 0.3) is 5.56 Å². The summed E-state index contributed by atoms with van der Waals surface area (Å²) in [7, 11) is 2.93. The fourth-order valence-electron chi connectivity index (χ4n) is 2.64. The summed E-state index contributed by atoms with van der Waals surface area (Å²) in [6, 6.07) is 3.09. The lowest BCUT2D eigenvalue weighted by molar-refractivity contribution is 0.0494. The molecular weight excluding hydrogens is 338 g/mol. The third-order valence-electron chi connectivity index (χ3n) is 3.99. The Hall–Kier alpha value is -2.96. The molecule has 1 N–H and O–H groups in total. The Morgan fingerprint density at radius 2 is 1.92 bits per heavy atom. The third-order valence-corrected chi connectivity index (χ3v) is 3.99. The minimum absolute atomic E-state index is 0.153. The Kier molecular flexibility index (Phi) is 6.27. The number of aromatic nitrogens is 1. The van der Waals surface area contributed by atoms with E-state index in [2.05, 4.69) is 6.58 Å². The number of carbonyl (C=O) groups is 1. The summed E-state index contributed by atoms with van der Waals surface area (Å²) in [5, 5.41) is 10.9. The molecule has 0 spiro atoms. The molecule has 0 aliphatic rings. The predicted molar refractivity (Wildman–Crippen MR) is 98.4 cm³/mol. The molecule has 7 nitrogen and oxygen atoms in total. The number of methoxy groups -OCH3 is 2. The Labute approximate surface area is 151 Å². The number of benzene rings is 1. The summed E-state index contributed by atoms with van der Waals surface area (Å²) >= 11 is 0. The molecule has 0 aliphatic heterocycles. The second kappa shape index (κ2) is 8.42. The molecule has 0 saturated heterocycles. The van der Waals surface area contributed by atoms with Gasteiger partial charge in [0.1, 0.15) is 5.75 Å². The number of ether oxygens (including phenoxy) is 3. The van der Waals surface area contributed by atoms with E-state index >= 15 is 0 Å². The zero-order valence-electron chi connectivity index (χ0n) is 15.2. The van der Waals surface area contributed by atoms with Gasteiger partial charge in [0.05, 0.1) is 26.3 Å². The van der Waals surface area contributed by atoms with E-state index in [-0.39, 0.29) is 18.5 Å². The second-order valence-corrected chi connectivity index (χ2v) is 5.64. The highest BCUT2D eigenvalue weighted by atomic mass is 16.5. The smallest absolute Gasteiger partial charge is 0.347 e. The van der Waals surface area contributed by atoms with Crippen molar-refractivity contribution in [1.29, 1.82) is 0 Å². The predicted octanol–water partition coefficient (Wildman–Crippen LogP) is 2.87. The molecule has 1 heterocycles. The Balaban J connectivity index is 2.76. The largest absolute Gasteiger partial charge is 0.506 e. The van der Waals surface area contributed by atoms with Gasteiger partial charge in [0.2, 0.25) is 0 Å². The molecule has 7 heteroatoms. The summed E-state index contributed by atoms with van der Waals surface area (Å²) in [6.07, 6.45) is 3.04. The number of allylic oxidation sites excluding steroid dienone is 1. The van der Waals surface area contributed by atoms with E-state index in [1.165, 1.54) is 30.9 Å². The van der Waals surface area contributed by atoms with Gasteiger partial charge in [-0.05, 0) is 12.5 Å². The highest BCUT2D eigenvalue weighted by molar-refractivity contribution is 6.00. The van der Waals surface area contributed by atoms with E-state index in [0.29, 0.717) is 23.4 Å². The summed E-state index contributed by atoms with van der Waals surface area (Å²) in [4.78, 5) is 25.2. The van der Waals surface area contributed by atoms with Crippen LogP contribution in [0.5, 0.6) is 17.2 Å². The number of esters is 1. The molecule has 0 unspecified atom stereocenters. The molecule has 0 saturated carbocycles. The molecular formula is C19H23NO6. The van der Waals surface area contributed by atoms with Crippen LogP contribution in [0, 0.1) is 0 Å². The van der Waals surface area contributed by atoms with Gasteiger partial charge in [-0.15, -0.1) is 6.58 Å². The first-order valence-corrected chi connectivity index (χ1v) is 8.29. The van der Waals surface area contributed by atoms with Crippen LogP contribution in [0.15, 0.2) is 29.6 Å². The molecule has 0 atom stereocenters. The van der Waals surface area contributed by atoms with Crippen molar-refractivity contribution in [3.05, 3.63) is 40.7 Å². The SMILES string of the molecule is C=CCn1c(=O)c(C(=O)OCCCC)c(O)c2cc(OC)c(OC)cc21. The highest BCUT2D eigenvalue weighted by Gasteiger charge is 2.24. The molecule has 0 bridgehead atoms. The van der Waals surface area contributed by atoms with E-state index in [0.717, 1.165) is 6.42 Å². The normalized spacial score (nSPS) is 10.6. The van der Waals surface area contributed by atoms with Crippen molar-refractivity contribution in [2.24, 2.45) is 0 Å². The van der Waals surface area contributed by atoms with Crippen molar-refractivity contribution in [3.63, 3.8) is 0 Å². The molecule has 0 aliphatic carbocycles. The fraction of sp³-hybridized carbons (Fsp3) is 0.368. The van der Waals surface area contributed by atoms with Crippen LogP contribution in [0.4, 0.5) is 0 Å². The molecule has 140 valence electrons. The van der Waals surface area contributed by atoms with E-state index in [1.54, 1.807) is 6.07 Å². The van der Waals surface area contributed by atoms with E-state index in [1.807, 2.05) is 6.92 Å². The summed E-state index contributed by atoms with van der Waals surface area (Å²) in [6.45, 7) is 5.93. The topological polar surface area (TPSA) is 87.0 Å². The minimum atomic E-state index is -0.851. The molecule has 2 aromatic rings. The lowest BCUT2D eigenvalue weighted by Crippen LogP contribution is -2.28. The lowest BCUT2D eigenvalue weighted by Gasteiger charge is -2.16. The zero-order chi connectivity index (χ0) is 19.3. The number of pyridine rings is 1. The highest BCUT2D eigenvalue weighted by Crippen LogP contribution is 2.36. The first-order valence-electron chi connectivity index (χ1n) is 8.29. The van der Waals surface area contributed by atoms with Crippen molar-refractivity contribution in [2.45, 2.75) is 26.3 Å². The van der Waals surface area contributed by atoms with E-state index in [9.17, 15) is 14.7 Å². The maximum absolute atomic E-state index is 12.8. The van der Waals surface area contributed by atoms with Gasteiger partial charge in [0.15, 0.2) is 17.1 Å². The molecule has 2 rings (SSSR count). The second-order valence-electron chi connectivity index (χ2n) is 5.64. The molecule has 0 amide bonds. The number of carbonyl (C=O) groups excluding carboxylic acids is 1. The van der Waals surface area contributed by atoms with Gasteiger partial charge in [-0.3, -0.25) is 4.79 Å². The van der Waals surface area contributed by atoms with Gasteiger partial charge >= 0.3 is 5.97 Å². The van der Waals surface area contributed by atoms with E-state index in [4.69, 9.17) is 14.2 Å². The summed E-state index contributed by atoms with van der Waals surface area (Å²) in [5.74, 6) is -0.525. The Morgan fingerprint density at radius 3 is 2.50 bits per heavy atom. The molecule has 0 fully saturated rings. The van der Waals surface area contributed by atoms with Crippen LogP contribution in [-0.4, -0.2) is 36.5 Å². The number of hydrogen-bond donors (Lipinski definition) is 1. The van der Waals surface area contributed by atoms with Crippen molar-refractivity contribution in [3.8, 4) is 17.2 Å². The van der Waals surface area contributed by atoms with Crippen LogP contribution in [0.1, 0.15) is 30.1 Å². The van der Waals surface area contributed by atoms with Gasteiger partial charge in [-0.25, -0.2) is 4.79 Å². The van der Waals surface area contributed by atoms with Crippen LogP contribution in [0.2, 0.25) is 0 Å². The molecule has 0 radical (unpaired) electrons. The van der Waals surface area contributed by atoms with Gasteiger partial charge in [-0.1, -0.05) is 19.4 Å². The number of hydrogen-bond acceptors (Lipinski definition) is 6. The summed E-state index contributed by atoms with van der Waals surface area (Å²) < 4.78 is 17.0. The number of nitrogens with zero attached hydrogens (tertiary/aromatic N) is 1. The van der Waals surface area contributed by atoms with Crippen molar-refractivity contribution in [2.75, 3.05) is 20.8 Å². The average molecular weight is 361 g/mol. The van der Waals surface area contributed by atoms with Crippen LogP contribution < -0.4 is 15.0 Å². The number of fused-ring (bicyclic) bond motifs is 1. The maximum Gasteiger partial charge on any atom is 0.347 e. The molecule has 1 aromatic heterocycles.